The van der Waals surface area contributed by atoms with Gasteiger partial charge in [0, 0.05) is 129 Å². The molecule has 35 heteroatoms. The number of aliphatic hydroxyl groups is 1. The largest absolute Gasteiger partial charge is 0.380 e. The number of rotatable bonds is 16. The molecular formula is C103H121F4N21O10. The van der Waals surface area contributed by atoms with Gasteiger partial charge in [-0.2, -0.15) is 20.4 Å². The zero-order valence-electron chi connectivity index (χ0n) is 81.5. The maximum absolute atomic E-state index is 13.7. The number of fused-ring (bicyclic) bond motifs is 4. The molecule has 3 N–H and O–H groups in total. The lowest BCUT2D eigenvalue weighted by molar-refractivity contribution is -0.162. The predicted octanol–water partition coefficient (Wildman–Crippen LogP) is 14.4. The minimum absolute atomic E-state index is 0.0271. The zero-order chi connectivity index (χ0) is 99.4. The van der Waals surface area contributed by atoms with Gasteiger partial charge >= 0.3 is 0 Å². The van der Waals surface area contributed by atoms with Gasteiger partial charge in [-0.05, 0) is 224 Å². The van der Waals surface area contributed by atoms with E-state index in [2.05, 4.69) is 85.6 Å². The first-order valence-corrected chi connectivity index (χ1v) is 47.3. The van der Waals surface area contributed by atoms with Gasteiger partial charge in [-0.25, -0.2) is 55.6 Å². The van der Waals surface area contributed by atoms with Gasteiger partial charge in [0.15, 0.2) is 22.6 Å². The van der Waals surface area contributed by atoms with E-state index in [0.717, 1.165) is 50.9 Å². The Labute approximate surface area is 798 Å². The third kappa shape index (κ3) is 20.3. The molecule has 8 aromatic heterocycles. The lowest BCUT2D eigenvalue weighted by Crippen LogP contribution is -2.65. The number of nitrogens with one attached hydrogen (secondary N) is 2. The second kappa shape index (κ2) is 39.0. The predicted molar refractivity (Wildman–Crippen MR) is 513 cm³/mol. The van der Waals surface area contributed by atoms with Gasteiger partial charge < -0.3 is 50.0 Å². The SMILES string of the molecule is CC(C)c1cc(-c2ccc(F)cc2)nn2cc(C(=O)N3CCN(C(=O)C4(O)CCC4)C[C@H]3C)nc12.CC(C)c1cc(-c2ccc(F)cc2)nn2cc(C(=O)N3CCN(C(=O)[C@H]4CCC(=O)N4)CC3(C)C)nc12.CC(C)c1cc(-c2ccc(F)cc2)nn2cc(C(=O)N3CCN(CC(C)(C)C)C(=O)C3(C)C)nc12.CCC1(C)C(=O)NCCN1C(=O)c1cn2nc(-c3ccc(F)cc3)cc(C(C)C)c2n1. The van der Waals surface area contributed by atoms with Gasteiger partial charge in [-0.15, -0.1) is 0 Å². The van der Waals surface area contributed by atoms with E-state index in [4.69, 9.17) is 0 Å². The van der Waals surface area contributed by atoms with Crippen LogP contribution in [0.4, 0.5) is 17.6 Å². The Hall–Kier alpha value is -13.7. The number of carbonyl (C=O) groups excluding carboxylic acids is 9. The Morgan fingerprint density at radius 2 is 0.855 bits per heavy atom. The summed E-state index contributed by atoms with van der Waals surface area (Å²) in [5, 5.41) is 34.6. The van der Waals surface area contributed by atoms with Crippen LogP contribution < -0.4 is 10.6 Å². The molecule has 5 saturated heterocycles. The maximum atomic E-state index is 13.7. The lowest BCUT2D eigenvalue weighted by Gasteiger charge is -2.47. The van der Waals surface area contributed by atoms with E-state index in [9.17, 15) is 65.8 Å². The van der Waals surface area contributed by atoms with Crippen LogP contribution in [0.1, 0.15) is 251 Å². The molecule has 6 aliphatic rings. The number of imidazole rings is 4. The van der Waals surface area contributed by atoms with E-state index < -0.39 is 28.3 Å². The summed E-state index contributed by atoms with van der Waals surface area (Å²) in [5.74, 6) is -2.39. The third-order valence-corrected chi connectivity index (χ3v) is 26.9. The van der Waals surface area contributed by atoms with E-state index >= 15 is 0 Å². The highest BCUT2D eigenvalue weighted by Gasteiger charge is 2.50. The molecule has 9 amide bonds. The molecule has 1 unspecified atom stereocenters. The van der Waals surface area contributed by atoms with Crippen molar-refractivity contribution in [1.29, 1.82) is 0 Å². The molecule has 0 radical (unpaired) electrons. The van der Waals surface area contributed by atoms with Gasteiger partial charge in [0.05, 0.1) is 53.1 Å². The van der Waals surface area contributed by atoms with Crippen molar-refractivity contribution < 1.29 is 65.8 Å². The Kier molecular flexibility index (Phi) is 27.9. The van der Waals surface area contributed by atoms with Crippen LogP contribution in [0, 0.1) is 28.7 Å². The Morgan fingerprint density at radius 1 is 0.486 bits per heavy atom. The van der Waals surface area contributed by atoms with Crippen molar-refractivity contribution in [2.75, 3.05) is 72.0 Å². The number of hydrogen-bond acceptors (Lipinski definition) is 18. The smallest absolute Gasteiger partial charge is 0.275 e. The number of carbonyl (C=O) groups is 9. The average molecular weight is 1890 g/mol. The molecule has 31 nitrogen and oxygen atoms in total. The first-order valence-electron chi connectivity index (χ1n) is 47.3. The quantitative estimate of drug-likeness (QED) is 0.0756. The van der Waals surface area contributed by atoms with Crippen LogP contribution in [0.15, 0.2) is 146 Å². The molecule has 6 fully saturated rings. The number of hydrogen-bond donors (Lipinski definition) is 3. The van der Waals surface area contributed by atoms with E-state index in [1.54, 1.807) is 142 Å². The number of benzene rings is 4. The topological polar surface area (TPSA) is 341 Å². The van der Waals surface area contributed by atoms with Crippen LogP contribution >= 0.6 is 0 Å². The maximum Gasteiger partial charge on any atom is 0.275 e. The first-order chi connectivity index (χ1) is 65.2. The molecule has 3 atom stereocenters. The van der Waals surface area contributed by atoms with Crippen LogP contribution in [-0.2, 0) is 24.0 Å². The summed E-state index contributed by atoms with van der Waals surface area (Å²) in [5.41, 5.74) is 9.23. The van der Waals surface area contributed by atoms with Crippen LogP contribution in [-0.4, -0.2) is 257 Å². The second-order valence-corrected chi connectivity index (χ2v) is 40.5. The van der Waals surface area contributed by atoms with Crippen molar-refractivity contribution in [2.45, 2.75) is 221 Å². The average Bonchev–Trinajstić information content (AvgIpc) is 1.55. The highest BCUT2D eigenvalue weighted by Crippen LogP contribution is 2.38. The van der Waals surface area contributed by atoms with Crippen molar-refractivity contribution in [1.82, 2.24) is 103 Å². The standard InChI is InChI=1S/C27H31FN6O3.C27H34FN5O2.C26H30FN5O3.C23H26FN5O2/c1-16(2)19-13-21(17-5-7-18(28)8-6-17)31-34-14-22(30-24(19)34)26(37)33-12-11-32(15-27(33,3)4)25(36)20-9-10-23(35)29-20;1-17(2)20-14-21(18-8-10-19(28)11-9-18)30-33-15-22(29-23(20)33)24(34)32-13-12-31(16-26(3,4)5)25(35)27(32,6)7;1-16(2)20-13-21(18-5-7-19(27)8-6-18)29-32-15-22(28-23(20)32)24(33)31-12-11-30(14-17(31)3)25(34)26(35)9-4-10-26;1-5-23(4)22(31)25-10-11-28(23)21(30)19-13-29-20(26-19)17(14(2)3)12-18(27-29)15-6-8-16(24)9-7-15/h5-8,13-14,16,20H,9-12,15H2,1-4H3,(H,29,35);8-11,14-15,17H,12-13,16H2,1-7H3;5-8,13,15-17,35H,4,9-12,14H2,1-3H3;6-9,12-14H,5,10-11H2,1-4H3,(H,25,31)/t20-;;17-;/m1.1./s1. The minimum Gasteiger partial charge on any atom is -0.380 e. The summed E-state index contributed by atoms with van der Waals surface area (Å²) < 4.78 is 60.1. The summed E-state index contributed by atoms with van der Waals surface area (Å²) in [6.45, 7) is 40.4. The summed E-state index contributed by atoms with van der Waals surface area (Å²) in [4.78, 5) is 147. The highest BCUT2D eigenvalue weighted by molar-refractivity contribution is 6.01. The first kappa shape index (κ1) is 98.8. The van der Waals surface area contributed by atoms with Crippen LogP contribution in [0.2, 0.25) is 0 Å². The number of amides is 9. The van der Waals surface area contributed by atoms with Crippen molar-refractivity contribution in [3.8, 4) is 45.0 Å². The summed E-state index contributed by atoms with van der Waals surface area (Å²) in [6, 6.07) is 31.7. The van der Waals surface area contributed by atoms with E-state index in [1.165, 1.54) is 48.5 Å². The zero-order valence-corrected chi connectivity index (χ0v) is 81.5. The molecule has 0 spiro atoms. The van der Waals surface area contributed by atoms with Crippen LogP contribution in [0.25, 0.3) is 67.6 Å². The molecule has 726 valence electrons. The molecule has 1 aliphatic carbocycles. The van der Waals surface area contributed by atoms with E-state index in [1.807, 2.05) is 98.4 Å². The van der Waals surface area contributed by atoms with Gasteiger partial charge in [0.2, 0.25) is 23.6 Å². The van der Waals surface area contributed by atoms with Gasteiger partial charge in [0.1, 0.15) is 68.8 Å². The highest BCUT2D eigenvalue weighted by atomic mass is 19.1. The van der Waals surface area contributed by atoms with Crippen molar-refractivity contribution in [3.63, 3.8) is 0 Å². The normalized spacial score (nSPS) is 18.7. The monoisotopic (exact) mass is 1890 g/mol. The van der Waals surface area contributed by atoms with Gasteiger partial charge in [-0.1, -0.05) is 83.1 Å². The Morgan fingerprint density at radius 3 is 1.20 bits per heavy atom. The fraction of sp³-hybridized carbons (Fsp3) is 0.447. The van der Waals surface area contributed by atoms with Crippen LogP contribution in [0.3, 0.4) is 0 Å². The van der Waals surface area contributed by atoms with E-state index in [0.29, 0.717) is 155 Å². The molecule has 13 heterocycles. The summed E-state index contributed by atoms with van der Waals surface area (Å²) >= 11 is 0. The van der Waals surface area contributed by atoms with Gasteiger partial charge in [-0.3, -0.25) is 43.2 Å². The van der Waals surface area contributed by atoms with Crippen LogP contribution in [0.5, 0.6) is 0 Å². The summed E-state index contributed by atoms with van der Waals surface area (Å²) in [6.07, 6.45) is 9.75. The Bertz CT molecular complexity index is 6680. The molecule has 138 heavy (non-hydrogen) atoms. The van der Waals surface area contributed by atoms with Crippen molar-refractivity contribution >= 4 is 75.8 Å². The lowest BCUT2D eigenvalue weighted by atomic mass is 9.79. The molecule has 5 aliphatic heterocycles. The number of halogens is 4. The summed E-state index contributed by atoms with van der Waals surface area (Å²) in [7, 11) is 0. The molecule has 4 aromatic carbocycles. The number of aromatic nitrogens is 12. The minimum atomic E-state index is -1.23. The van der Waals surface area contributed by atoms with Gasteiger partial charge in [0.25, 0.3) is 29.5 Å². The number of piperazine rings is 4. The van der Waals surface area contributed by atoms with E-state index in [-0.39, 0.29) is 129 Å². The number of nitrogens with zero attached hydrogens (tertiary/aromatic N) is 19. The van der Waals surface area contributed by atoms with Crippen molar-refractivity contribution in [3.05, 3.63) is 214 Å². The second-order valence-electron chi connectivity index (χ2n) is 40.5. The fourth-order valence-corrected chi connectivity index (χ4v) is 18.6. The molecule has 1 saturated carbocycles. The molecule has 12 aromatic rings. The fourth-order valence-electron chi connectivity index (χ4n) is 18.6. The van der Waals surface area contributed by atoms with Crippen molar-refractivity contribution in [2.24, 2.45) is 5.41 Å². The molecule has 0 bridgehead atoms. The molecular weight excluding hydrogens is 1770 g/mol. The third-order valence-electron chi connectivity index (χ3n) is 26.9. The Balaban J connectivity index is 0.000000140. The molecule has 18 rings (SSSR count).